The maximum atomic E-state index is 11.9. The van der Waals surface area contributed by atoms with Crippen molar-refractivity contribution in [3.8, 4) is 0 Å². The van der Waals surface area contributed by atoms with E-state index in [1.165, 1.54) is 0 Å². The number of rotatable bonds is 5. The number of hydrogen-bond acceptors (Lipinski definition) is 3. The van der Waals surface area contributed by atoms with Crippen molar-refractivity contribution in [3.63, 3.8) is 0 Å². The van der Waals surface area contributed by atoms with Crippen molar-refractivity contribution >= 4 is 5.91 Å². The summed E-state index contributed by atoms with van der Waals surface area (Å²) in [6.45, 7) is 8.58. The first-order valence-corrected chi connectivity index (χ1v) is 5.99. The van der Waals surface area contributed by atoms with Gasteiger partial charge in [0.2, 0.25) is 0 Å². The topological polar surface area (TPSA) is 67.2 Å². The van der Waals surface area contributed by atoms with E-state index >= 15 is 0 Å². The fourth-order valence-corrected chi connectivity index (χ4v) is 1.47. The van der Waals surface area contributed by atoms with Crippen LogP contribution in [-0.2, 0) is 6.54 Å². The molecule has 17 heavy (non-hydrogen) atoms. The van der Waals surface area contributed by atoms with Crippen LogP contribution in [0.25, 0.3) is 0 Å². The third-order valence-corrected chi connectivity index (χ3v) is 2.48. The summed E-state index contributed by atoms with van der Waals surface area (Å²) in [4.78, 5) is 11.9. The lowest BCUT2D eigenvalue weighted by Gasteiger charge is -2.07. The van der Waals surface area contributed by atoms with Crippen molar-refractivity contribution in [2.24, 2.45) is 0 Å². The van der Waals surface area contributed by atoms with E-state index in [1.54, 1.807) is 11.6 Å². The number of aromatic nitrogens is 2. The van der Waals surface area contributed by atoms with Gasteiger partial charge >= 0.3 is 0 Å². The summed E-state index contributed by atoms with van der Waals surface area (Å²) in [5.41, 5.74) is 1.46. The van der Waals surface area contributed by atoms with Crippen LogP contribution in [0, 0.1) is 0 Å². The van der Waals surface area contributed by atoms with Gasteiger partial charge in [0.25, 0.3) is 5.91 Å². The molecule has 2 N–H and O–H groups in total. The molecule has 0 aliphatic rings. The largest absolute Gasteiger partial charge is 0.392 e. The van der Waals surface area contributed by atoms with E-state index in [2.05, 4.69) is 10.4 Å². The number of carbonyl (C=O) groups excluding carboxylic acids is 1. The number of nitrogens with one attached hydrogen (secondary N) is 1. The van der Waals surface area contributed by atoms with Crippen molar-refractivity contribution in [2.45, 2.75) is 46.3 Å². The SMILES string of the molecule is CCn1nc(C(C)C)cc1C(=O)NC[C@H](C)O. The Morgan fingerprint density at radius 3 is 2.65 bits per heavy atom. The van der Waals surface area contributed by atoms with Crippen LogP contribution in [0.15, 0.2) is 6.07 Å². The van der Waals surface area contributed by atoms with E-state index in [4.69, 9.17) is 5.11 Å². The van der Waals surface area contributed by atoms with E-state index in [0.29, 0.717) is 18.2 Å². The number of aliphatic hydroxyl groups is 1. The minimum absolute atomic E-state index is 0.188. The summed E-state index contributed by atoms with van der Waals surface area (Å²) in [5, 5.41) is 16.2. The average molecular weight is 239 g/mol. The lowest BCUT2D eigenvalue weighted by molar-refractivity contribution is 0.0913. The summed E-state index contributed by atoms with van der Waals surface area (Å²) in [6, 6.07) is 1.81. The first-order valence-electron chi connectivity index (χ1n) is 5.99. The van der Waals surface area contributed by atoms with Gasteiger partial charge in [-0.25, -0.2) is 0 Å². The molecule has 1 amide bonds. The van der Waals surface area contributed by atoms with Crippen LogP contribution in [0.1, 0.15) is 49.8 Å². The van der Waals surface area contributed by atoms with Gasteiger partial charge in [-0.1, -0.05) is 13.8 Å². The molecular formula is C12H21N3O2. The van der Waals surface area contributed by atoms with Crippen LogP contribution in [0.4, 0.5) is 0 Å². The van der Waals surface area contributed by atoms with Crippen LogP contribution >= 0.6 is 0 Å². The Kier molecular flexibility index (Phi) is 4.69. The molecule has 0 bridgehead atoms. The molecule has 0 radical (unpaired) electrons. The fourth-order valence-electron chi connectivity index (χ4n) is 1.47. The molecule has 5 heteroatoms. The smallest absolute Gasteiger partial charge is 0.269 e. The van der Waals surface area contributed by atoms with E-state index in [0.717, 1.165) is 5.69 Å². The normalized spacial score (nSPS) is 12.8. The lowest BCUT2D eigenvalue weighted by atomic mass is 10.1. The van der Waals surface area contributed by atoms with Crippen LogP contribution in [0.5, 0.6) is 0 Å². The molecule has 0 aliphatic carbocycles. The maximum Gasteiger partial charge on any atom is 0.269 e. The Morgan fingerprint density at radius 2 is 2.18 bits per heavy atom. The van der Waals surface area contributed by atoms with Crippen molar-refractivity contribution < 1.29 is 9.90 Å². The minimum atomic E-state index is -0.540. The monoisotopic (exact) mass is 239 g/mol. The molecule has 0 aliphatic heterocycles. The number of aryl methyl sites for hydroxylation is 1. The first-order chi connectivity index (χ1) is 7.95. The zero-order chi connectivity index (χ0) is 13.0. The van der Waals surface area contributed by atoms with E-state index in [1.807, 2.05) is 26.8 Å². The Labute approximate surface area is 102 Å². The molecule has 1 aromatic heterocycles. The van der Waals surface area contributed by atoms with Crippen molar-refractivity contribution in [1.29, 1.82) is 0 Å². The van der Waals surface area contributed by atoms with Gasteiger partial charge in [0.1, 0.15) is 5.69 Å². The van der Waals surface area contributed by atoms with Crippen LogP contribution in [0.3, 0.4) is 0 Å². The van der Waals surface area contributed by atoms with Gasteiger partial charge < -0.3 is 10.4 Å². The van der Waals surface area contributed by atoms with E-state index in [-0.39, 0.29) is 12.5 Å². The number of amides is 1. The Morgan fingerprint density at radius 1 is 1.53 bits per heavy atom. The fraction of sp³-hybridized carbons (Fsp3) is 0.667. The second-order valence-corrected chi connectivity index (χ2v) is 4.48. The van der Waals surface area contributed by atoms with Crippen LogP contribution in [0.2, 0.25) is 0 Å². The van der Waals surface area contributed by atoms with Gasteiger partial charge in [-0.3, -0.25) is 9.48 Å². The van der Waals surface area contributed by atoms with E-state index in [9.17, 15) is 4.79 Å². The van der Waals surface area contributed by atoms with Crippen molar-refractivity contribution in [2.75, 3.05) is 6.54 Å². The molecule has 5 nitrogen and oxygen atoms in total. The molecule has 1 rings (SSSR count). The van der Waals surface area contributed by atoms with Crippen molar-refractivity contribution in [1.82, 2.24) is 15.1 Å². The third-order valence-electron chi connectivity index (χ3n) is 2.48. The molecule has 0 aromatic carbocycles. The number of hydrogen-bond donors (Lipinski definition) is 2. The summed E-state index contributed by atoms with van der Waals surface area (Å²) in [5.74, 6) is 0.110. The lowest BCUT2D eigenvalue weighted by Crippen LogP contribution is -2.32. The highest BCUT2D eigenvalue weighted by molar-refractivity contribution is 5.92. The molecule has 1 aromatic rings. The molecule has 96 valence electrons. The summed E-state index contributed by atoms with van der Waals surface area (Å²) < 4.78 is 1.69. The number of nitrogens with zero attached hydrogens (tertiary/aromatic N) is 2. The summed E-state index contributed by atoms with van der Waals surface area (Å²) >= 11 is 0. The average Bonchev–Trinajstić information content (AvgIpc) is 2.69. The Balaban J connectivity index is 2.84. The first kappa shape index (κ1) is 13.7. The van der Waals surface area contributed by atoms with Gasteiger partial charge in [-0.15, -0.1) is 0 Å². The standard InChI is InChI=1S/C12H21N3O2/c1-5-15-11(6-10(14-15)8(2)3)12(17)13-7-9(4)16/h6,8-9,16H,5,7H2,1-4H3,(H,13,17)/t9-/m0/s1. The second-order valence-electron chi connectivity index (χ2n) is 4.48. The third kappa shape index (κ3) is 3.56. The highest BCUT2D eigenvalue weighted by atomic mass is 16.3. The molecule has 0 spiro atoms. The molecule has 1 heterocycles. The summed E-state index contributed by atoms with van der Waals surface area (Å²) in [6.07, 6.45) is -0.540. The van der Waals surface area contributed by atoms with Crippen LogP contribution in [-0.4, -0.2) is 33.4 Å². The van der Waals surface area contributed by atoms with Gasteiger partial charge in [-0.05, 0) is 25.8 Å². The zero-order valence-electron chi connectivity index (χ0n) is 10.9. The molecule has 0 saturated carbocycles. The number of aliphatic hydroxyl groups excluding tert-OH is 1. The number of carbonyl (C=O) groups is 1. The van der Waals surface area contributed by atoms with Gasteiger partial charge in [0.15, 0.2) is 0 Å². The highest BCUT2D eigenvalue weighted by Crippen LogP contribution is 2.14. The molecule has 1 atom stereocenters. The van der Waals surface area contributed by atoms with Crippen LogP contribution < -0.4 is 5.32 Å². The second kappa shape index (κ2) is 5.82. The Bertz CT molecular complexity index is 383. The highest BCUT2D eigenvalue weighted by Gasteiger charge is 2.16. The molecule has 0 unspecified atom stereocenters. The van der Waals surface area contributed by atoms with Gasteiger partial charge in [-0.2, -0.15) is 5.10 Å². The molecule has 0 fully saturated rings. The Hall–Kier alpha value is -1.36. The van der Waals surface area contributed by atoms with E-state index < -0.39 is 6.10 Å². The van der Waals surface area contributed by atoms with Crippen molar-refractivity contribution in [3.05, 3.63) is 17.5 Å². The maximum absolute atomic E-state index is 11.9. The predicted molar refractivity (Wildman–Crippen MR) is 66.0 cm³/mol. The minimum Gasteiger partial charge on any atom is -0.392 e. The predicted octanol–water partition coefficient (Wildman–Crippen LogP) is 1.14. The molecular weight excluding hydrogens is 218 g/mol. The summed E-state index contributed by atoms with van der Waals surface area (Å²) in [7, 11) is 0. The molecule has 0 saturated heterocycles. The zero-order valence-corrected chi connectivity index (χ0v) is 10.9. The quantitative estimate of drug-likeness (QED) is 0.809. The van der Waals surface area contributed by atoms with Gasteiger partial charge in [0, 0.05) is 13.1 Å². The van der Waals surface area contributed by atoms with Gasteiger partial charge in [0.05, 0.1) is 11.8 Å².